The molecular formula is C21H18F2N4O4. The maximum atomic E-state index is 13.1. The summed E-state index contributed by atoms with van der Waals surface area (Å²) < 4.78 is 33.1. The number of carboxylic acid groups (broad SMARTS) is 1. The highest BCUT2D eigenvalue weighted by Crippen LogP contribution is 2.21. The molecule has 0 radical (unpaired) electrons. The number of hydrogen-bond donors (Lipinski definition) is 3. The lowest BCUT2D eigenvalue weighted by atomic mass is 10.2. The highest BCUT2D eigenvalue weighted by molar-refractivity contribution is 6.04. The number of ether oxygens (including phenoxy) is 1. The van der Waals surface area contributed by atoms with E-state index in [1.54, 1.807) is 29.1 Å². The van der Waals surface area contributed by atoms with Gasteiger partial charge < -0.3 is 15.2 Å². The summed E-state index contributed by atoms with van der Waals surface area (Å²) in [5, 5.41) is 17.8. The van der Waals surface area contributed by atoms with E-state index in [4.69, 9.17) is 9.84 Å². The van der Waals surface area contributed by atoms with Crippen molar-refractivity contribution in [3.8, 4) is 5.75 Å². The molecule has 0 saturated heterocycles. The lowest BCUT2D eigenvalue weighted by Gasteiger charge is -2.08. The zero-order valence-electron chi connectivity index (χ0n) is 16.1. The van der Waals surface area contributed by atoms with Crippen LogP contribution in [0.5, 0.6) is 5.75 Å². The van der Waals surface area contributed by atoms with E-state index in [1.165, 1.54) is 24.4 Å². The molecule has 0 aliphatic rings. The third-order valence-electron chi connectivity index (χ3n) is 3.93. The zero-order valence-corrected chi connectivity index (χ0v) is 16.1. The van der Waals surface area contributed by atoms with E-state index in [9.17, 15) is 18.4 Å². The number of amides is 2. The fraction of sp³-hybridized carbons (Fsp3) is 0.0952. The predicted octanol–water partition coefficient (Wildman–Crippen LogP) is 3.98. The van der Waals surface area contributed by atoms with Crippen LogP contribution in [-0.4, -0.2) is 33.5 Å². The smallest absolute Gasteiger partial charge is 0.409 e. The van der Waals surface area contributed by atoms with Crippen LogP contribution >= 0.6 is 0 Å². The minimum absolute atomic E-state index is 0.0825. The molecule has 1 heterocycles. The van der Waals surface area contributed by atoms with Gasteiger partial charge in [0.05, 0.1) is 24.1 Å². The molecule has 0 spiro atoms. The predicted molar refractivity (Wildman–Crippen MR) is 110 cm³/mol. The van der Waals surface area contributed by atoms with Crippen LogP contribution < -0.4 is 15.4 Å². The Morgan fingerprint density at radius 3 is 2.45 bits per heavy atom. The van der Waals surface area contributed by atoms with Gasteiger partial charge in [-0.2, -0.15) is 5.10 Å². The molecule has 3 N–H and O–H groups in total. The minimum atomic E-state index is -1.24. The summed E-state index contributed by atoms with van der Waals surface area (Å²) in [5.41, 5.74) is 1.22. The fourth-order valence-corrected chi connectivity index (χ4v) is 2.62. The van der Waals surface area contributed by atoms with E-state index < -0.39 is 23.6 Å². The number of benzene rings is 2. The van der Waals surface area contributed by atoms with E-state index in [-0.39, 0.29) is 18.0 Å². The molecule has 0 aliphatic carbocycles. The monoisotopic (exact) mass is 428 g/mol. The van der Waals surface area contributed by atoms with Crippen LogP contribution in [0, 0.1) is 11.6 Å². The van der Waals surface area contributed by atoms with Crippen LogP contribution in [0.15, 0.2) is 60.9 Å². The number of rotatable bonds is 8. The first kappa shape index (κ1) is 21.5. The second-order valence-electron chi connectivity index (χ2n) is 6.29. The molecule has 8 nitrogen and oxygen atoms in total. The van der Waals surface area contributed by atoms with Crippen molar-refractivity contribution in [1.82, 2.24) is 9.78 Å². The molecule has 0 fully saturated rings. The van der Waals surface area contributed by atoms with Crippen molar-refractivity contribution in [2.24, 2.45) is 0 Å². The van der Waals surface area contributed by atoms with Crippen molar-refractivity contribution in [2.75, 3.05) is 17.2 Å². The quantitative estimate of drug-likeness (QED) is 0.471. The number of anilines is 2. The molecule has 0 atom stereocenters. The summed E-state index contributed by atoms with van der Waals surface area (Å²) >= 11 is 0. The standard InChI is InChI=1S/C21H18F2N4O4/c22-15-9-16(23)11-17(10-15)31-8-7-27-13-14(12-24-27)5-6-20(28)25-18-3-1-2-4-19(18)26-21(29)30/h1-6,9-13,26H,7-8H2,(H,25,28)(H,29,30). The molecule has 10 heteroatoms. The number of hydrogen-bond acceptors (Lipinski definition) is 4. The third kappa shape index (κ3) is 6.67. The minimum Gasteiger partial charge on any atom is -0.491 e. The Bertz CT molecular complexity index is 1090. The first-order valence-electron chi connectivity index (χ1n) is 9.08. The number of carbonyl (C=O) groups excluding carboxylic acids is 1. The molecule has 0 unspecified atom stereocenters. The lowest BCUT2D eigenvalue weighted by Crippen LogP contribution is -2.13. The summed E-state index contributed by atoms with van der Waals surface area (Å²) in [6.45, 7) is 0.466. The molecule has 2 amide bonds. The van der Waals surface area contributed by atoms with Crippen molar-refractivity contribution in [2.45, 2.75) is 6.54 Å². The van der Waals surface area contributed by atoms with Crippen molar-refractivity contribution >= 4 is 29.5 Å². The van der Waals surface area contributed by atoms with Crippen molar-refractivity contribution in [1.29, 1.82) is 0 Å². The van der Waals surface area contributed by atoms with Crippen molar-refractivity contribution in [3.05, 3.63) is 78.1 Å². The highest BCUT2D eigenvalue weighted by Gasteiger charge is 2.07. The topological polar surface area (TPSA) is 105 Å². The van der Waals surface area contributed by atoms with Gasteiger partial charge in [0.15, 0.2) is 0 Å². The Kier molecular flexibility index (Phi) is 6.94. The van der Waals surface area contributed by atoms with E-state index in [1.807, 2.05) is 0 Å². The Balaban J connectivity index is 1.52. The van der Waals surface area contributed by atoms with E-state index >= 15 is 0 Å². The van der Waals surface area contributed by atoms with E-state index in [0.29, 0.717) is 17.8 Å². The van der Waals surface area contributed by atoms with Gasteiger partial charge in [0.25, 0.3) is 0 Å². The van der Waals surface area contributed by atoms with E-state index in [0.717, 1.165) is 18.2 Å². The molecule has 160 valence electrons. The summed E-state index contributed by atoms with van der Waals surface area (Å²) in [6.07, 6.45) is 4.78. The molecule has 2 aromatic carbocycles. The van der Waals surface area contributed by atoms with Crippen LogP contribution in [0.1, 0.15) is 5.56 Å². The molecule has 0 saturated carbocycles. The van der Waals surface area contributed by atoms with Crippen LogP contribution in [0.3, 0.4) is 0 Å². The molecular weight excluding hydrogens is 410 g/mol. The molecule has 1 aromatic heterocycles. The Labute approximate surface area is 175 Å². The SMILES string of the molecule is O=C(O)Nc1ccccc1NC(=O)C=Cc1cnn(CCOc2cc(F)cc(F)c2)c1. The fourth-order valence-electron chi connectivity index (χ4n) is 2.62. The summed E-state index contributed by atoms with van der Waals surface area (Å²) in [4.78, 5) is 22.9. The van der Waals surface area contributed by atoms with Crippen LogP contribution in [0.2, 0.25) is 0 Å². The summed E-state index contributed by atoms with van der Waals surface area (Å²) in [6, 6.07) is 9.33. The van der Waals surface area contributed by atoms with Gasteiger partial charge in [0, 0.05) is 36.0 Å². The van der Waals surface area contributed by atoms with Crippen LogP contribution in [-0.2, 0) is 11.3 Å². The van der Waals surface area contributed by atoms with Gasteiger partial charge in [-0.05, 0) is 18.2 Å². The first-order valence-corrected chi connectivity index (χ1v) is 9.08. The van der Waals surface area contributed by atoms with Gasteiger partial charge >= 0.3 is 6.09 Å². The number of halogens is 2. The number of nitrogens with zero attached hydrogens (tertiary/aromatic N) is 2. The second-order valence-corrected chi connectivity index (χ2v) is 6.29. The van der Waals surface area contributed by atoms with Gasteiger partial charge in [-0.1, -0.05) is 12.1 Å². The second kappa shape index (κ2) is 10.0. The third-order valence-corrected chi connectivity index (χ3v) is 3.93. The van der Waals surface area contributed by atoms with Gasteiger partial charge in [0.2, 0.25) is 5.91 Å². The average Bonchev–Trinajstić information content (AvgIpc) is 3.15. The number of nitrogens with one attached hydrogen (secondary N) is 2. The maximum Gasteiger partial charge on any atom is 0.409 e. The van der Waals surface area contributed by atoms with Crippen molar-refractivity contribution < 1.29 is 28.2 Å². The molecule has 31 heavy (non-hydrogen) atoms. The number of aromatic nitrogens is 2. The maximum absolute atomic E-state index is 13.1. The van der Waals surface area contributed by atoms with Gasteiger partial charge in [-0.15, -0.1) is 0 Å². The first-order chi connectivity index (χ1) is 14.9. The highest BCUT2D eigenvalue weighted by atomic mass is 19.1. The average molecular weight is 428 g/mol. The number of carbonyl (C=O) groups is 2. The van der Waals surface area contributed by atoms with Gasteiger partial charge in [-0.25, -0.2) is 13.6 Å². The molecule has 3 aromatic rings. The molecule has 3 rings (SSSR count). The van der Waals surface area contributed by atoms with Crippen LogP contribution in [0.25, 0.3) is 6.08 Å². The van der Waals surface area contributed by atoms with Gasteiger partial charge in [-0.3, -0.25) is 14.8 Å². The largest absolute Gasteiger partial charge is 0.491 e. The molecule has 0 aliphatic heterocycles. The van der Waals surface area contributed by atoms with Crippen molar-refractivity contribution in [3.63, 3.8) is 0 Å². The Morgan fingerprint density at radius 2 is 1.77 bits per heavy atom. The van der Waals surface area contributed by atoms with Crippen LogP contribution in [0.4, 0.5) is 25.0 Å². The lowest BCUT2D eigenvalue weighted by molar-refractivity contribution is -0.111. The molecule has 0 bridgehead atoms. The Morgan fingerprint density at radius 1 is 1.10 bits per heavy atom. The van der Waals surface area contributed by atoms with E-state index in [2.05, 4.69) is 15.7 Å². The zero-order chi connectivity index (χ0) is 22.2. The summed E-state index contributed by atoms with van der Waals surface area (Å²) in [5.74, 6) is -1.81. The summed E-state index contributed by atoms with van der Waals surface area (Å²) in [7, 11) is 0. The number of para-hydroxylation sites is 2. The Hall–Kier alpha value is -4.21. The normalized spacial score (nSPS) is 10.8. The van der Waals surface area contributed by atoms with Gasteiger partial charge in [0.1, 0.15) is 24.0 Å².